The monoisotopic (exact) mass is 307 g/mol. The van der Waals surface area contributed by atoms with Gasteiger partial charge in [-0.3, -0.25) is 0 Å². The summed E-state index contributed by atoms with van der Waals surface area (Å²) in [4.78, 5) is 5.45. The molecule has 3 rings (SSSR count). The Morgan fingerprint density at radius 3 is 2.86 bits per heavy atom. The van der Waals surface area contributed by atoms with Crippen LogP contribution in [0, 0.1) is 11.6 Å². The molecule has 0 unspecified atom stereocenters. The van der Waals surface area contributed by atoms with Crippen molar-refractivity contribution in [3.63, 3.8) is 0 Å². The van der Waals surface area contributed by atoms with E-state index in [4.69, 9.17) is 0 Å². The number of thiophene rings is 1. The first-order chi connectivity index (χ1) is 10.2. The van der Waals surface area contributed by atoms with Gasteiger partial charge >= 0.3 is 0 Å². The largest absolute Gasteiger partial charge is 0.329 e. The van der Waals surface area contributed by atoms with Crippen molar-refractivity contribution in [3.05, 3.63) is 52.5 Å². The standard InChI is InChI=1S/C15H15F2N3S/c16-12-8-14-15(9-13(12)17)20(10-19-14)6-5-18-4-3-11-2-1-7-21-11/h1-2,7-10,18H,3-6H2. The summed E-state index contributed by atoms with van der Waals surface area (Å²) < 4.78 is 28.2. The van der Waals surface area contributed by atoms with E-state index in [0.29, 0.717) is 17.6 Å². The van der Waals surface area contributed by atoms with Crippen LogP contribution in [0.2, 0.25) is 0 Å². The third-order valence-corrected chi connectivity index (χ3v) is 4.26. The predicted molar refractivity (Wildman–Crippen MR) is 80.5 cm³/mol. The van der Waals surface area contributed by atoms with Gasteiger partial charge in [0, 0.05) is 36.6 Å². The molecule has 1 aromatic carbocycles. The normalized spacial score (nSPS) is 11.3. The molecule has 0 bridgehead atoms. The number of aromatic nitrogens is 2. The van der Waals surface area contributed by atoms with Gasteiger partial charge in [0.2, 0.25) is 0 Å². The fourth-order valence-corrected chi connectivity index (χ4v) is 2.93. The van der Waals surface area contributed by atoms with Crippen LogP contribution in [0.4, 0.5) is 8.78 Å². The summed E-state index contributed by atoms with van der Waals surface area (Å²) in [7, 11) is 0. The quantitative estimate of drug-likeness (QED) is 0.709. The van der Waals surface area contributed by atoms with Crippen LogP contribution >= 0.6 is 11.3 Å². The first-order valence-electron chi connectivity index (χ1n) is 6.77. The lowest BCUT2D eigenvalue weighted by molar-refractivity contribution is 0.510. The van der Waals surface area contributed by atoms with Crippen molar-refractivity contribution in [1.82, 2.24) is 14.9 Å². The highest BCUT2D eigenvalue weighted by atomic mass is 32.1. The Hall–Kier alpha value is -1.79. The second-order valence-corrected chi connectivity index (χ2v) is 5.80. The van der Waals surface area contributed by atoms with Gasteiger partial charge < -0.3 is 9.88 Å². The molecule has 0 saturated heterocycles. The molecule has 0 aliphatic rings. The van der Waals surface area contributed by atoms with E-state index in [1.165, 1.54) is 10.9 Å². The van der Waals surface area contributed by atoms with E-state index >= 15 is 0 Å². The molecule has 0 radical (unpaired) electrons. The summed E-state index contributed by atoms with van der Waals surface area (Å²) in [5, 5.41) is 5.41. The highest BCUT2D eigenvalue weighted by Crippen LogP contribution is 2.17. The molecule has 1 N–H and O–H groups in total. The number of imidazole rings is 1. The first kappa shape index (κ1) is 14.2. The van der Waals surface area contributed by atoms with Crippen LogP contribution < -0.4 is 5.32 Å². The van der Waals surface area contributed by atoms with Crippen molar-refractivity contribution in [1.29, 1.82) is 0 Å². The molecule has 110 valence electrons. The number of rotatable bonds is 6. The van der Waals surface area contributed by atoms with Gasteiger partial charge in [-0.15, -0.1) is 11.3 Å². The van der Waals surface area contributed by atoms with Crippen molar-refractivity contribution < 1.29 is 8.78 Å². The SMILES string of the molecule is Fc1cc2ncn(CCNCCc3cccs3)c2cc1F. The van der Waals surface area contributed by atoms with Gasteiger partial charge in [0.05, 0.1) is 17.4 Å². The van der Waals surface area contributed by atoms with Crippen LogP contribution in [0.5, 0.6) is 0 Å². The van der Waals surface area contributed by atoms with Gasteiger partial charge in [0.25, 0.3) is 0 Å². The Bertz CT molecular complexity index is 722. The summed E-state index contributed by atoms with van der Waals surface area (Å²) in [5.41, 5.74) is 1.10. The number of nitrogens with zero attached hydrogens (tertiary/aromatic N) is 2. The van der Waals surface area contributed by atoms with Crippen LogP contribution in [-0.4, -0.2) is 22.6 Å². The molecule has 2 aromatic heterocycles. The molecular formula is C15H15F2N3S. The molecule has 0 aliphatic carbocycles. The Kier molecular flexibility index (Phi) is 4.26. The van der Waals surface area contributed by atoms with Crippen molar-refractivity contribution in [2.45, 2.75) is 13.0 Å². The van der Waals surface area contributed by atoms with Crippen molar-refractivity contribution in [3.8, 4) is 0 Å². The Balaban J connectivity index is 1.54. The van der Waals surface area contributed by atoms with Crippen molar-refractivity contribution in [2.75, 3.05) is 13.1 Å². The lowest BCUT2D eigenvalue weighted by Gasteiger charge is -2.06. The number of fused-ring (bicyclic) bond motifs is 1. The third kappa shape index (κ3) is 3.28. The van der Waals surface area contributed by atoms with E-state index in [9.17, 15) is 8.78 Å². The Morgan fingerprint density at radius 2 is 2.05 bits per heavy atom. The molecule has 0 amide bonds. The fraction of sp³-hybridized carbons (Fsp3) is 0.267. The van der Waals surface area contributed by atoms with Gasteiger partial charge in [0.15, 0.2) is 11.6 Å². The summed E-state index contributed by atoms with van der Waals surface area (Å²) >= 11 is 1.75. The average molecular weight is 307 g/mol. The third-order valence-electron chi connectivity index (χ3n) is 3.32. The maximum Gasteiger partial charge on any atom is 0.161 e. The van der Waals surface area contributed by atoms with Crippen LogP contribution in [-0.2, 0) is 13.0 Å². The van der Waals surface area contributed by atoms with Crippen molar-refractivity contribution in [2.24, 2.45) is 0 Å². The van der Waals surface area contributed by atoms with Gasteiger partial charge in [0.1, 0.15) is 0 Å². The van der Waals surface area contributed by atoms with Crippen LogP contribution in [0.1, 0.15) is 4.88 Å². The number of halogens is 2. The minimum absolute atomic E-state index is 0.479. The molecule has 0 spiro atoms. The maximum atomic E-state index is 13.3. The van der Waals surface area contributed by atoms with Gasteiger partial charge in [-0.2, -0.15) is 0 Å². The van der Waals surface area contributed by atoms with E-state index < -0.39 is 11.6 Å². The topological polar surface area (TPSA) is 29.9 Å². The van der Waals surface area contributed by atoms with E-state index in [-0.39, 0.29) is 0 Å². The van der Waals surface area contributed by atoms with Crippen LogP contribution in [0.25, 0.3) is 11.0 Å². The molecule has 21 heavy (non-hydrogen) atoms. The van der Waals surface area contributed by atoms with Gasteiger partial charge in [-0.25, -0.2) is 13.8 Å². The average Bonchev–Trinajstić information content (AvgIpc) is 3.10. The molecule has 3 nitrogen and oxygen atoms in total. The number of nitrogens with one attached hydrogen (secondary N) is 1. The van der Waals surface area contributed by atoms with E-state index in [2.05, 4.69) is 21.7 Å². The number of benzene rings is 1. The zero-order chi connectivity index (χ0) is 14.7. The second-order valence-electron chi connectivity index (χ2n) is 4.77. The lowest BCUT2D eigenvalue weighted by atomic mass is 10.3. The van der Waals surface area contributed by atoms with Crippen molar-refractivity contribution >= 4 is 22.4 Å². The van der Waals surface area contributed by atoms with Crippen LogP contribution in [0.3, 0.4) is 0 Å². The van der Waals surface area contributed by atoms with Crippen LogP contribution in [0.15, 0.2) is 36.0 Å². The molecule has 0 saturated carbocycles. The highest BCUT2D eigenvalue weighted by Gasteiger charge is 2.08. The fourth-order valence-electron chi connectivity index (χ4n) is 2.22. The van der Waals surface area contributed by atoms with E-state index in [0.717, 1.165) is 25.6 Å². The summed E-state index contributed by atoms with van der Waals surface area (Å²) in [6, 6.07) is 6.49. The van der Waals surface area contributed by atoms with E-state index in [1.54, 1.807) is 17.7 Å². The first-order valence-corrected chi connectivity index (χ1v) is 7.65. The number of hydrogen-bond acceptors (Lipinski definition) is 3. The molecule has 6 heteroatoms. The second kappa shape index (κ2) is 6.32. The highest BCUT2D eigenvalue weighted by molar-refractivity contribution is 7.09. The Morgan fingerprint density at radius 1 is 1.19 bits per heavy atom. The zero-order valence-corrected chi connectivity index (χ0v) is 12.2. The Labute approximate surface area is 125 Å². The van der Waals surface area contributed by atoms with Gasteiger partial charge in [-0.1, -0.05) is 6.07 Å². The smallest absolute Gasteiger partial charge is 0.161 e. The summed E-state index contributed by atoms with van der Waals surface area (Å²) in [5.74, 6) is -1.70. The molecule has 2 heterocycles. The van der Waals surface area contributed by atoms with Gasteiger partial charge in [-0.05, 0) is 17.9 Å². The predicted octanol–water partition coefficient (Wildman–Crippen LogP) is 3.21. The lowest BCUT2D eigenvalue weighted by Crippen LogP contribution is -2.21. The van der Waals surface area contributed by atoms with E-state index in [1.807, 2.05) is 10.6 Å². The maximum absolute atomic E-state index is 13.3. The minimum atomic E-state index is -0.859. The summed E-state index contributed by atoms with van der Waals surface area (Å²) in [6.45, 7) is 2.33. The summed E-state index contributed by atoms with van der Waals surface area (Å²) in [6.07, 6.45) is 2.62. The number of hydrogen-bond donors (Lipinski definition) is 1. The minimum Gasteiger partial charge on any atom is -0.329 e. The molecule has 3 aromatic rings. The molecule has 0 fully saturated rings. The zero-order valence-electron chi connectivity index (χ0n) is 11.4. The molecule has 0 aliphatic heterocycles. The molecule has 0 atom stereocenters. The molecular weight excluding hydrogens is 292 g/mol.